The minimum Gasteiger partial charge on any atom is -0.454 e. The summed E-state index contributed by atoms with van der Waals surface area (Å²) >= 11 is 3.59. The van der Waals surface area contributed by atoms with Crippen molar-refractivity contribution in [2.24, 2.45) is 5.73 Å². The van der Waals surface area contributed by atoms with E-state index in [0.29, 0.717) is 6.79 Å². The van der Waals surface area contributed by atoms with Gasteiger partial charge in [-0.3, -0.25) is 0 Å². The number of ether oxygens (including phenoxy) is 2. The number of nitrogens with two attached hydrogens (primary N) is 1. The topological polar surface area (TPSA) is 44.5 Å². The Kier molecular flexibility index (Phi) is 1.83. The Morgan fingerprint density at radius 2 is 2.13 bits per heavy atom. The molecule has 0 unspecified atom stereocenters. The third-order valence-corrected chi connectivity index (χ3v) is 4.17. The summed E-state index contributed by atoms with van der Waals surface area (Å²) in [6, 6.07) is 2.01. The van der Waals surface area contributed by atoms with E-state index in [2.05, 4.69) is 15.9 Å². The van der Waals surface area contributed by atoms with Gasteiger partial charge in [-0.15, -0.1) is 0 Å². The molecule has 1 aliphatic carbocycles. The second kappa shape index (κ2) is 2.89. The van der Waals surface area contributed by atoms with Crippen LogP contribution in [0.2, 0.25) is 0 Å². The molecule has 2 N–H and O–H groups in total. The molecule has 1 heterocycles. The largest absolute Gasteiger partial charge is 0.454 e. The van der Waals surface area contributed by atoms with Crippen molar-refractivity contribution in [2.75, 3.05) is 6.79 Å². The fourth-order valence-corrected chi connectivity index (χ4v) is 2.64. The molecule has 0 bridgehead atoms. The van der Waals surface area contributed by atoms with Gasteiger partial charge in [0.25, 0.3) is 0 Å². The van der Waals surface area contributed by atoms with Gasteiger partial charge in [0.05, 0.1) is 0 Å². The molecular formula is C11H12BrNO2. The minimum atomic E-state index is -0.148. The number of benzene rings is 1. The van der Waals surface area contributed by atoms with E-state index in [-0.39, 0.29) is 5.54 Å². The van der Waals surface area contributed by atoms with E-state index in [9.17, 15) is 0 Å². The Morgan fingerprint density at radius 3 is 2.80 bits per heavy atom. The molecule has 1 saturated carbocycles. The Labute approximate surface area is 96.7 Å². The van der Waals surface area contributed by atoms with Gasteiger partial charge in [-0.05, 0) is 31.4 Å². The zero-order valence-electron chi connectivity index (χ0n) is 8.47. The molecule has 1 aromatic rings. The average Bonchev–Trinajstić information content (AvgIpc) is 2.80. The zero-order chi connectivity index (χ0) is 10.6. The fraction of sp³-hybridized carbons (Fsp3) is 0.455. The molecule has 1 aromatic carbocycles. The third-order valence-electron chi connectivity index (χ3n) is 3.15. The number of rotatable bonds is 1. The number of halogens is 1. The van der Waals surface area contributed by atoms with Gasteiger partial charge in [0.1, 0.15) is 0 Å². The van der Waals surface area contributed by atoms with Gasteiger partial charge in [-0.25, -0.2) is 0 Å². The van der Waals surface area contributed by atoms with Crippen LogP contribution in [0.3, 0.4) is 0 Å². The molecule has 1 fully saturated rings. The van der Waals surface area contributed by atoms with Gasteiger partial charge >= 0.3 is 0 Å². The summed E-state index contributed by atoms with van der Waals surface area (Å²) in [5.41, 5.74) is 8.28. The Morgan fingerprint density at radius 1 is 1.40 bits per heavy atom. The maximum atomic E-state index is 6.21. The third kappa shape index (κ3) is 1.28. The Bertz CT molecular complexity index is 441. The van der Waals surface area contributed by atoms with Gasteiger partial charge in [-0.2, -0.15) is 0 Å². The second-order valence-electron chi connectivity index (χ2n) is 4.25. The average molecular weight is 270 g/mol. The van der Waals surface area contributed by atoms with Crippen LogP contribution in [0.15, 0.2) is 10.5 Å². The summed E-state index contributed by atoms with van der Waals surface area (Å²) in [4.78, 5) is 0. The maximum Gasteiger partial charge on any atom is 0.231 e. The predicted octanol–water partition coefficient (Wildman–Crippen LogP) is 2.43. The van der Waals surface area contributed by atoms with Crippen LogP contribution in [0.4, 0.5) is 0 Å². The first-order valence-electron chi connectivity index (χ1n) is 5.00. The highest BCUT2D eigenvalue weighted by atomic mass is 79.9. The van der Waals surface area contributed by atoms with Crippen LogP contribution in [0, 0.1) is 6.92 Å². The molecule has 0 spiro atoms. The first-order chi connectivity index (χ1) is 7.12. The quantitative estimate of drug-likeness (QED) is 0.852. The summed E-state index contributed by atoms with van der Waals surface area (Å²) in [6.07, 6.45) is 2.09. The van der Waals surface area contributed by atoms with E-state index in [0.717, 1.165) is 39.9 Å². The van der Waals surface area contributed by atoms with Crippen molar-refractivity contribution in [2.45, 2.75) is 25.3 Å². The molecule has 3 nitrogen and oxygen atoms in total. The standard InChI is InChI=1S/C11H12BrNO2/c1-6-9(12)7(11(13)2-3-11)4-8-10(6)15-5-14-8/h4H,2-3,5,13H2,1H3. The molecule has 80 valence electrons. The van der Waals surface area contributed by atoms with Crippen LogP contribution in [0.25, 0.3) is 0 Å². The molecule has 1 aliphatic heterocycles. The number of hydrogen-bond acceptors (Lipinski definition) is 3. The van der Waals surface area contributed by atoms with E-state index in [1.807, 2.05) is 13.0 Å². The van der Waals surface area contributed by atoms with Crippen LogP contribution in [0.1, 0.15) is 24.0 Å². The lowest BCUT2D eigenvalue weighted by atomic mass is 10.0. The van der Waals surface area contributed by atoms with Gasteiger partial charge in [0.15, 0.2) is 11.5 Å². The van der Waals surface area contributed by atoms with Crippen molar-refractivity contribution in [3.05, 3.63) is 21.7 Å². The summed E-state index contributed by atoms with van der Waals surface area (Å²) in [5, 5.41) is 0. The van der Waals surface area contributed by atoms with Crippen LogP contribution >= 0.6 is 15.9 Å². The van der Waals surface area contributed by atoms with E-state index in [1.54, 1.807) is 0 Å². The molecular weight excluding hydrogens is 258 g/mol. The van der Waals surface area contributed by atoms with Crippen LogP contribution in [-0.2, 0) is 5.54 Å². The summed E-state index contributed by atoms with van der Waals surface area (Å²) in [5.74, 6) is 1.66. The number of fused-ring (bicyclic) bond motifs is 1. The highest BCUT2D eigenvalue weighted by molar-refractivity contribution is 9.10. The second-order valence-corrected chi connectivity index (χ2v) is 5.05. The van der Waals surface area contributed by atoms with Crippen molar-refractivity contribution in [1.82, 2.24) is 0 Å². The normalized spacial score (nSPS) is 20.5. The first-order valence-corrected chi connectivity index (χ1v) is 5.79. The molecule has 4 heteroatoms. The molecule has 0 saturated heterocycles. The van der Waals surface area contributed by atoms with Crippen LogP contribution < -0.4 is 15.2 Å². The van der Waals surface area contributed by atoms with E-state index in [1.165, 1.54) is 0 Å². The summed E-state index contributed by atoms with van der Waals surface area (Å²) < 4.78 is 11.9. The van der Waals surface area contributed by atoms with Crippen molar-refractivity contribution >= 4 is 15.9 Å². The summed E-state index contributed by atoms with van der Waals surface area (Å²) in [7, 11) is 0. The zero-order valence-corrected chi connectivity index (χ0v) is 10.1. The molecule has 0 amide bonds. The molecule has 15 heavy (non-hydrogen) atoms. The SMILES string of the molecule is Cc1c(Br)c(C2(N)CC2)cc2c1OCO2. The van der Waals surface area contributed by atoms with Gasteiger partial charge in [0.2, 0.25) is 6.79 Å². The van der Waals surface area contributed by atoms with Crippen molar-refractivity contribution < 1.29 is 9.47 Å². The Hall–Kier alpha value is -0.740. The van der Waals surface area contributed by atoms with Crippen molar-refractivity contribution in [3.63, 3.8) is 0 Å². The molecule has 0 atom stereocenters. The number of hydrogen-bond donors (Lipinski definition) is 1. The van der Waals surface area contributed by atoms with Crippen LogP contribution in [-0.4, -0.2) is 6.79 Å². The van der Waals surface area contributed by atoms with Gasteiger partial charge < -0.3 is 15.2 Å². The smallest absolute Gasteiger partial charge is 0.231 e. The van der Waals surface area contributed by atoms with Gasteiger partial charge in [-0.1, -0.05) is 15.9 Å². The lowest BCUT2D eigenvalue weighted by Gasteiger charge is -2.15. The van der Waals surface area contributed by atoms with Crippen molar-refractivity contribution in [3.8, 4) is 11.5 Å². The first kappa shape index (κ1) is 9.48. The monoisotopic (exact) mass is 269 g/mol. The lowest BCUT2D eigenvalue weighted by molar-refractivity contribution is 0.173. The molecule has 2 aliphatic rings. The molecule has 0 radical (unpaired) electrons. The molecule has 3 rings (SSSR count). The fourth-order valence-electron chi connectivity index (χ4n) is 1.95. The lowest BCUT2D eigenvalue weighted by Crippen LogP contribution is -2.19. The molecule has 0 aromatic heterocycles. The minimum absolute atomic E-state index is 0.148. The summed E-state index contributed by atoms with van der Waals surface area (Å²) in [6.45, 7) is 2.33. The van der Waals surface area contributed by atoms with E-state index >= 15 is 0 Å². The van der Waals surface area contributed by atoms with Gasteiger partial charge in [0, 0.05) is 15.6 Å². The Balaban J connectivity index is 2.20. The van der Waals surface area contributed by atoms with E-state index < -0.39 is 0 Å². The maximum absolute atomic E-state index is 6.21. The van der Waals surface area contributed by atoms with Crippen LogP contribution in [0.5, 0.6) is 11.5 Å². The highest BCUT2D eigenvalue weighted by Crippen LogP contribution is 2.51. The predicted molar refractivity (Wildman–Crippen MR) is 60.1 cm³/mol. The van der Waals surface area contributed by atoms with Crippen molar-refractivity contribution in [1.29, 1.82) is 0 Å². The van der Waals surface area contributed by atoms with E-state index in [4.69, 9.17) is 15.2 Å². The highest BCUT2D eigenvalue weighted by Gasteiger charge is 2.43.